The first-order chi connectivity index (χ1) is 14.8. The Morgan fingerprint density at radius 1 is 1.16 bits per heavy atom. The number of amides is 2. The second-order valence-corrected chi connectivity index (χ2v) is 7.22. The molecule has 2 amide bonds. The molecule has 0 saturated heterocycles. The summed E-state index contributed by atoms with van der Waals surface area (Å²) in [5, 5.41) is 12.7. The van der Waals surface area contributed by atoms with E-state index in [0.717, 1.165) is 11.3 Å². The molecular formula is C19H19N5O6S. The highest BCUT2D eigenvalue weighted by molar-refractivity contribution is 7.18. The molecule has 3 rings (SSSR count). The van der Waals surface area contributed by atoms with Crippen LogP contribution in [0.2, 0.25) is 0 Å². The number of anilines is 1. The Kier molecular flexibility index (Phi) is 6.60. The van der Waals surface area contributed by atoms with Gasteiger partial charge in [-0.25, -0.2) is 9.59 Å². The van der Waals surface area contributed by atoms with Crippen LogP contribution >= 0.6 is 11.3 Å². The number of esters is 2. The second kappa shape index (κ2) is 9.34. The summed E-state index contributed by atoms with van der Waals surface area (Å²) < 4.78 is 11.6. The van der Waals surface area contributed by atoms with Gasteiger partial charge in [0.2, 0.25) is 0 Å². The van der Waals surface area contributed by atoms with Gasteiger partial charge in [-0.2, -0.15) is 0 Å². The van der Waals surface area contributed by atoms with E-state index in [-0.39, 0.29) is 27.6 Å². The van der Waals surface area contributed by atoms with Crippen LogP contribution in [0.1, 0.15) is 42.9 Å². The maximum absolute atomic E-state index is 12.4. The van der Waals surface area contributed by atoms with Crippen molar-refractivity contribution in [3.05, 3.63) is 46.2 Å². The van der Waals surface area contributed by atoms with E-state index in [2.05, 4.69) is 20.8 Å². The van der Waals surface area contributed by atoms with Crippen molar-refractivity contribution in [1.29, 1.82) is 0 Å². The summed E-state index contributed by atoms with van der Waals surface area (Å²) in [6.07, 6.45) is 2.91. The fourth-order valence-electron chi connectivity index (χ4n) is 2.71. The zero-order valence-corrected chi connectivity index (χ0v) is 17.7. The van der Waals surface area contributed by atoms with Crippen molar-refractivity contribution < 1.29 is 28.7 Å². The molecule has 0 aromatic carbocycles. The van der Waals surface area contributed by atoms with Gasteiger partial charge in [-0.15, -0.1) is 21.5 Å². The minimum Gasteiger partial charge on any atom is -0.462 e. The number of fused-ring (bicyclic) bond motifs is 1. The summed E-state index contributed by atoms with van der Waals surface area (Å²) in [6, 6.07) is 3.09. The average molecular weight is 445 g/mol. The van der Waals surface area contributed by atoms with Gasteiger partial charge in [0.05, 0.1) is 22.6 Å². The molecule has 3 aromatic heterocycles. The normalized spacial score (nSPS) is 10.5. The Morgan fingerprint density at radius 2 is 1.94 bits per heavy atom. The highest BCUT2D eigenvalue weighted by Crippen LogP contribution is 2.33. The number of nitrogens with one attached hydrogen (secondary N) is 2. The monoisotopic (exact) mass is 445 g/mol. The molecule has 0 bridgehead atoms. The smallest absolute Gasteiger partial charge is 0.341 e. The first kappa shape index (κ1) is 21.9. The van der Waals surface area contributed by atoms with Gasteiger partial charge < -0.3 is 20.1 Å². The molecular weight excluding hydrogens is 426 g/mol. The highest BCUT2D eigenvalue weighted by Gasteiger charge is 2.26. The molecule has 3 aromatic rings. The minimum atomic E-state index is -0.718. The fourth-order valence-corrected chi connectivity index (χ4v) is 3.86. The number of ether oxygens (including phenoxy) is 2. The molecule has 12 heteroatoms. The predicted octanol–water partition coefficient (Wildman–Crippen LogP) is 1.43. The molecule has 162 valence electrons. The number of aromatic nitrogens is 3. The Balaban J connectivity index is 1.72. The Bertz CT molecular complexity index is 1170. The van der Waals surface area contributed by atoms with Gasteiger partial charge in [0.15, 0.2) is 12.3 Å². The largest absolute Gasteiger partial charge is 0.462 e. The Hall–Kier alpha value is -3.80. The van der Waals surface area contributed by atoms with Gasteiger partial charge in [0.25, 0.3) is 11.8 Å². The molecule has 31 heavy (non-hydrogen) atoms. The summed E-state index contributed by atoms with van der Waals surface area (Å²) in [6.45, 7) is 2.77. The zero-order chi connectivity index (χ0) is 22.5. The third-order valence-corrected chi connectivity index (χ3v) is 5.38. The number of carbonyl (C=O) groups is 4. The lowest BCUT2D eigenvalue weighted by Crippen LogP contribution is -2.22. The summed E-state index contributed by atoms with van der Waals surface area (Å²) in [7, 11) is 1.46. The molecule has 0 spiro atoms. The molecule has 3 heterocycles. The molecule has 0 atom stereocenters. The van der Waals surface area contributed by atoms with Crippen molar-refractivity contribution in [3.63, 3.8) is 0 Å². The van der Waals surface area contributed by atoms with E-state index < -0.39 is 30.4 Å². The molecule has 0 radical (unpaired) electrons. The van der Waals surface area contributed by atoms with Crippen LogP contribution in [0.5, 0.6) is 0 Å². The number of carbonyl (C=O) groups excluding carboxylic acids is 4. The number of pyridine rings is 1. The van der Waals surface area contributed by atoms with E-state index in [1.54, 1.807) is 19.9 Å². The Labute approximate surface area is 180 Å². The molecule has 0 fully saturated rings. The van der Waals surface area contributed by atoms with E-state index in [1.165, 1.54) is 30.0 Å². The number of rotatable bonds is 7. The SMILES string of the molecule is CCOC(=O)c1c(NC(=O)COC(=O)c2ccc3nncn3c2)sc(C(=O)NC)c1C. The summed E-state index contributed by atoms with van der Waals surface area (Å²) >= 11 is 0.932. The van der Waals surface area contributed by atoms with E-state index in [0.29, 0.717) is 11.2 Å². The van der Waals surface area contributed by atoms with Crippen molar-refractivity contribution in [2.75, 3.05) is 25.6 Å². The second-order valence-electron chi connectivity index (χ2n) is 6.20. The maximum Gasteiger partial charge on any atom is 0.341 e. The fraction of sp³-hybridized carbons (Fsp3) is 0.263. The van der Waals surface area contributed by atoms with Crippen LogP contribution in [0.25, 0.3) is 5.65 Å². The van der Waals surface area contributed by atoms with Crippen LogP contribution < -0.4 is 10.6 Å². The average Bonchev–Trinajstić information content (AvgIpc) is 3.35. The van der Waals surface area contributed by atoms with Gasteiger partial charge >= 0.3 is 11.9 Å². The number of hydrogen-bond donors (Lipinski definition) is 2. The first-order valence-electron chi connectivity index (χ1n) is 9.14. The van der Waals surface area contributed by atoms with E-state index in [9.17, 15) is 19.2 Å². The quantitative estimate of drug-likeness (QED) is 0.520. The topological polar surface area (TPSA) is 141 Å². The molecule has 2 N–H and O–H groups in total. The maximum atomic E-state index is 12.4. The highest BCUT2D eigenvalue weighted by atomic mass is 32.1. The van der Waals surface area contributed by atoms with E-state index in [4.69, 9.17) is 9.47 Å². The first-order valence-corrected chi connectivity index (χ1v) is 9.96. The number of hydrogen-bond acceptors (Lipinski definition) is 9. The molecule has 0 aliphatic heterocycles. The van der Waals surface area contributed by atoms with E-state index in [1.807, 2.05) is 0 Å². The lowest BCUT2D eigenvalue weighted by molar-refractivity contribution is -0.119. The van der Waals surface area contributed by atoms with Crippen molar-refractivity contribution in [3.8, 4) is 0 Å². The third-order valence-electron chi connectivity index (χ3n) is 4.17. The van der Waals surface area contributed by atoms with Crippen LogP contribution in [0.15, 0.2) is 24.7 Å². The number of nitrogens with zero attached hydrogens (tertiary/aromatic N) is 3. The van der Waals surface area contributed by atoms with Crippen LogP contribution in [0, 0.1) is 6.92 Å². The lowest BCUT2D eigenvalue weighted by Gasteiger charge is -2.08. The van der Waals surface area contributed by atoms with Crippen LogP contribution in [-0.2, 0) is 14.3 Å². The Morgan fingerprint density at radius 3 is 2.65 bits per heavy atom. The molecule has 11 nitrogen and oxygen atoms in total. The summed E-state index contributed by atoms with van der Waals surface area (Å²) in [5.74, 6) is -2.45. The van der Waals surface area contributed by atoms with Gasteiger partial charge in [-0.1, -0.05) is 0 Å². The van der Waals surface area contributed by atoms with Crippen molar-refractivity contribution in [1.82, 2.24) is 19.9 Å². The standard InChI is InChI=1S/C19H19N5O6S/c1-4-29-19(28)14-10(2)15(16(26)20-3)31-17(14)22-13(25)8-30-18(27)11-5-6-12-23-21-9-24(12)7-11/h5-7,9H,4,8H2,1-3H3,(H,20,26)(H,22,25). The third kappa shape index (κ3) is 4.69. The predicted molar refractivity (Wildman–Crippen MR) is 110 cm³/mol. The van der Waals surface area contributed by atoms with Crippen LogP contribution in [0.3, 0.4) is 0 Å². The van der Waals surface area contributed by atoms with Gasteiger partial charge in [0.1, 0.15) is 11.3 Å². The molecule has 0 saturated carbocycles. The minimum absolute atomic E-state index is 0.0863. The molecule has 0 unspecified atom stereocenters. The molecule has 0 aliphatic carbocycles. The number of thiophene rings is 1. The summed E-state index contributed by atoms with van der Waals surface area (Å²) in [4.78, 5) is 49.2. The van der Waals surface area contributed by atoms with Crippen molar-refractivity contribution >= 4 is 45.7 Å². The van der Waals surface area contributed by atoms with Gasteiger partial charge in [-0.05, 0) is 31.5 Å². The summed E-state index contributed by atoms with van der Waals surface area (Å²) in [5.41, 5.74) is 1.24. The zero-order valence-electron chi connectivity index (χ0n) is 16.9. The van der Waals surface area contributed by atoms with E-state index >= 15 is 0 Å². The lowest BCUT2D eigenvalue weighted by atomic mass is 10.1. The van der Waals surface area contributed by atoms with Gasteiger partial charge in [0, 0.05) is 13.2 Å². The van der Waals surface area contributed by atoms with Crippen molar-refractivity contribution in [2.45, 2.75) is 13.8 Å². The van der Waals surface area contributed by atoms with Crippen molar-refractivity contribution in [2.24, 2.45) is 0 Å². The van der Waals surface area contributed by atoms with Crippen LogP contribution in [0.4, 0.5) is 5.00 Å². The molecule has 0 aliphatic rings. The van der Waals surface area contributed by atoms with Crippen LogP contribution in [-0.4, -0.2) is 58.6 Å². The van der Waals surface area contributed by atoms with Gasteiger partial charge in [-0.3, -0.25) is 14.0 Å².